The quantitative estimate of drug-likeness (QED) is 0.413. The summed E-state index contributed by atoms with van der Waals surface area (Å²) in [4.78, 5) is 6.06. The van der Waals surface area contributed by atoms with Crippen molar-refractivity contribution >= 4 is 17.4 Å². The first-order chi connectivity index (χ1) is 13.8. The second-order valence-corrected chi connectivity index (χ2v) is 9.81. The van der Waals surface area contributed by atoms with Crippen LogP contribution in [0.3, 0.4) is 0 Å². The molecule has 2 aromatic carbocycles. The second kappa shape index (κ2) is 7.71. The number of hydrogen-bond donors (Lipinski definition) is 1. The van der Waals surface area contributed by atoms with Crippen LogP contribution in [0.2, 0.25) is 0 Å². The predicted molar refractivity (Wildman–Crippen MR) is 122 cm³/mol. The summed E-state index contributed by atoms with van der Waals surface area (Å²) >= 11 is 1.82. The Kier molecular flexibility index (Phi) is 5.26. The Hall–Kier alpha value is -2.53. The molecule has 0 unspecified atom stereocenters. The number of fused-ring (bicyclic) bond motifs is 1. The van der Waals surface area contributed by atoms with Gasteiger partial charge in [-0.25, -0.2) is 4.98 Å². The van der Waals surface area contributed by atoms with Gasteiger partial charge in [0.15, 0.2) is 11.5 Å². The lowest BCUT2D eigenvalue weighted by Crippen LogP contribution is -2.13. The monoisotopic (exact) mass is 404 g/mol. The minimum Gasteiger partial charge on any atom is -0.279 e. The molecule has 150 valence electrons. The highest BCUT2D eigenvalue weighted by Crippen LogP contribution is 2.35. The molecule has 4 nitrogen and oxygen atoms in total. The number of aromatic nitrogens is 4. The van der Waals surface area contributed by atoms with Crippen LogP contribution in [0.15, 0.2) is 53.4 Å². The highest BCUT2D eigenvalue weighted by Gasteiger charge is 2.25. The molecule has 5 heteroatoms. The van der Waals surface area contributed by atoms with Crippen molar-refractivity contribution in [3.05, 3.63) is 70.9 Å². The van der Waals surface area contributed by atoms with Gasteiger partial charge < -0.3 is 0 Å². The smallest absolute Gasteiger partial charge is 0.189 e. The van der Waals surface area contributed by atoms with E-state index in [1.54, 1.807) is 0 Å². The SMILES string of the molecule is CCSc1c(C(C)(C)C)[nH]n2nc(-c3ccc(Cc4cccc(C)c4)cc3)nc12. The maximum atomic E-state index is 4.86. The average molecular weight is 405 g/mol. The molecular formula is C24H28N4S. The minimum absolute atomic E-state index is 0.0253. The van der Waals surface area contributed by atoms with Crippen molar-refractivity contribution in [3.63, 3.8) is 0 Å². The largest absolute Gasteiger partial charge is 0.279 e. The molecule has 0 aliphatic heterocycles. The van der Waals surface area contributed by atoms with E-state index in [1.807, 2.05) is 16.4 Å². The molecule has 0 spiro atoms. The Bertz CT molecular complexity index is 1130. The van der Waals surface area contributed by atoms with Crippen molar-refractivity contribution in [1.82, 2.24) is 19.8 Å². The molecule has 2 heterocycles. The number of nitrogens with zero attached hydrogens (tertiary/aromatic N) is 3. The van der Waals surface area contributed by atoms with E-state index in [9.17, 15) is 0 Å². The molecule has 4 aromatic rings. The summed E-state index contributed by atoms with van der Waals surface area (Å²) in [5.41, 5.74) is 7.10. The third-order valence-corrected chi connectivity index (χ3v) is 5.96. The lowest BCUT2D eigenvalue weighted by atomic mass is 9.92. The van der Waals surface area contributed by atoms with Gasteiger partial charge in [-0.2, -0.15) is 4.63 Å². The number of H-pyrrole nitrogens is 1. The first-order valence-corrected chi connectivity index (χ1v) is 11.1. The van der Waals surface area contributed by atoms with Crippen LogP contribution in [0.1, 0.15) is 50.1 Å². The molecule has 0 radical (unpaired) electrons. The summed E-state index contributed by atoms with van der Waals surface area (Å²) in [5.74, 6) is 1.77. The molecule has 0 aliphatic carbocycles. The molecule has 0 fully saturated rings. The van der Waals surface area contributed by atoms with Gasteiger partial charge in [-0.05, 0) is 30.2 Å². The van der Waals surface area contributed by atoms with Crippen molar-refractivity contribution in [2.75, 3.05) is 5.75 Å². The first-order valence-electron chi connectivity index (χ1n) is 10.1. The van der Waals surface area contributed by atoms with E-state index in [0.29, 0.717) is 0 Å². The summed E-state index contributed by atoms with van der Waals surface area (Å²) in [6.45, 7) is 10.9. The molecule has 0 aliphatic rings. The average Bonchev–Trinajstić information content (AvgIpc) is 3.22. The third-order valence-electron chi connectivity index (χ3n) is 5.00. The number of hydrogen-bond acceptors (Lipinski definition) is 3. The van der Waals surface area contributed by atoms with Crippen LogP contribution in [-0.4, -0.2) is 25.6 Å². The Morgan fingerprint density at radius 3 is 2.45 bits per heavy atom. The Labute approximate surface area is 176 Å². The molecule has 0 saturated carbocycles. The van der Waals surface area contributed by atoms with Crippen molar-refractivity contribution < 1.29 is 0 Å². The maximum absolute atomic E-state index is 4.86. The van der Waals surface area contributed by atoms with E-state index in [1.165, 1.54) is 27.3 Å². The van der Waals surface area contributed by atoms with Crippen molar-refractivity contribution in [3.8, 4) is 11.4 Å². The van der Waals surface area contributed by atoms with E-state index in [-0.39, 0.29) is 5.41 Å². The zero-order chi connectivity index (χ0) is 20.6. The highest BCUT2D eigenvalue weighted by molar-refractivity contribution is 7.99. The van der Waals surface area contributed by atoms with Crippen molar-refractivity contribution in [2.24, 2.45) is 0 Å². The second-order valence-electron chi connectivity index (χ2n) is 8.53. The Morgan fingerprint density at radius 2 is 1.79 bits per heavy atom. The Morgan fingerprint density at radius 1 is 1.03 bits per heavy atom. The number of aryl methyl sites for hydroxylation is 1. The lowest BCUT2D eigenvalue weighted by Gasteiger charge is -2.17. The fourth-order valence-corrected chi connectivity index (χ4v) is 4.59. The van der Waals surface area contributed by atoms with Gasteiger partial charge in [0.1, 0.15) is 0 Å². The molecule has 0 atom stereocenters. The van der Waals surface area contributed by atoms with Crippen LogP contribution in [0.4, 0.5) is 0 Å². The van der Waals surface area contributed by atoms with Gasteiger partial charge in [0, 0.05) is 11.0 Å². The maximum Gasteiger partial charge on any atom is 0.189 e. The summed E-state index contributed by atoms with van der Waals surface area (Å²) in [7, 11) is 0. The fourth-order valence-electron chi connectivity index (χ4n) is 3.55. The molecule has 29 heavy (non-hydrogen) atoms. The zero-order valence-corrected chi connectivity index (χ0v) is 18.6. The van der Waals surface area contributed by atoms with Crippen LogP contribution in [0, 0.1) is 6.92 Å². The van der Waals surface area contributed by atoms with Gasteiger partial charge in [-0.15, -0.1) is 16.9 Å². The van der Waals surface area contributed by atoms with E-state index >= 15 is 0 Å². The summed E-state index contributed by atoms with van der Waals surface area (Å²) in [5, 5.41) is 8.17. The minimum atomic E-state index is 0.0253. The van der Waals surface area contributed by atoms with Gasteiger partial charge in [-0.1, -0.05) is 81.8 Å². The highest BCUT2D eigenvalue weighted by atomic mass is 32.2. The molecule has 0 amide bonds. The number of thioether (sulfide) groups is 1. The number of rotatable bonds is 5. The summed E-state index contributed by atoms with van der Waals surface area (Å²) in [6.07, 6.45) is 0.936. The van der Waals surface area contributed by atoms with Gasteiger partial charge in [0.25, 0.3) is 0 Å². The molecule has 0 bridgehead atoms. The number of benzene rings is 2. The predicted octanol–water partition coefficient (Wildman–Crippen LogP) is 6.03. The van der Waals surface area contributed by atoms with Crippen LogP contribution in [0.5, 0.6) is 0 Å². The molecule has 4 rings (SSSR count). The number of nitrogens with one attached hydrogen (secondary N) is 1. The molecule has 2 aromatic heterocycles. The van der Waals surface area contributed by atoms with Gasteiger partial charge in [-0.3, -0.25) is 5.10 Å². The van der Waals surface area contributed by atoms with E-state index < -0.39 is 0 Å². The summed E-state index contributed by atoms with van der Waals surface area (Å²) < 4.78 is 1.83. The van der Waals surface area contributed by atoms with Crippen LogP contribution >= 0.6 is 11.8 Å². The molecule has 0 saturated heterocycles. The van der Waals surface area contributed by atoms with Crippen LogP contribution in [-0.2, 0) is 11.8 Å². The first kappa shape index (κ1) is 19.8. The Balaban J connectivity index is 1.63. The van der Waals surface area contributed by atoms with Gasteiger partial charge in [0.2, 0.25) is 0 Å². The lowest BCUT2D eigenvalue weighted by molar-refractivity contribution is 0.547. The molecule has 1 N–H and O–H groups in total. The fraction of sp³-hybridized carbons (Fsp3) is 0.333. The third kappa shape index (κ3) is 4.10. The normalized spacial score (nSPS) is 12.0. The van der Waals surface area contributed by atoms with E-state index in [0.717, 1.165) is 29.2 Å². The van der Waals surface area contributed by atoms with Crippen LogP contribution < -0.4 is 0 Å². The molecular weight excluding hydrogens is 376 g/mol. The zero-order valence-electron chi connectivity index (χ0n) is 17.8. The van der Waals surface area contributed by atoms with Crippen molar-refractivity contribution in [1.29, 1.82) is 0 Å². The van der Waals surface area contributed by atoms with Gasteiger partial charge in [0.05, 0.1) is 10.6 Å². The number of aromatic amines is 1. The van der Waals surface area contributed by atoms with Gasteiger partial charge >= 0.3 is 0 Å². The standard InChI is InChI=1S/C24H28N4S/c1-6-29-20-21(24(3,4)5)26-28-23(20)25-22(27-28)19-12-10-17(11-13-19)15-18-9-7-8-16(2)14-18/h7-14,26H,6,15H2,1-5H3. The van der Waals surface area contributed by atoms with E-state index in [4.69, 9.17) is 10.1 Å². The van der Waals surface area contributed by atoms with Crippen molar-refractivity contribution in [2.45, 2.75) is 51.3 Å². The summed E-state index contributed by atoms with van der Waals surface area (Å²) in [6, 6.07) is 17.3. The van der Waals surface area contributed by atoms with E-state index in [2.05, 4.69) is 88.2 Å². The topological polar surface area (TPSA) is 46.0 Å². The van der Waals surface area contributed by atoms with Crippen LogP contribution in [0.25, 0.3) is 17.0 Å².